The van der Waals surface area contributed by atoms with E-state index < -0.39 is 0 Å². The first kappa shape index (κ1) is 13.5. The number of amides is 1. The molecule has 2 aromatic carbocycles. The Morgan fingerprint density at radius 2 is 2.00 bits per heavy atom. The molecule has 0 spiro atoms. The number of likely N-dealkylation sites (N-methyl/N-ethyl adjacent to an activating group) is 1. The highest BCUT2D eigenvalue weighted by molar-refractivity contribution is 7.07. The van der Waals surface area contributed by atoms with Crippen molar-refractivity contribution in [1.29, 1.82) is 0 Å². The van der Waals surface area contributed by atoms with Gasteiger partial charge in [-0.15, -0.1) is 11.3 Å². The number of carbonyl (C=O) groups is 1. The first-order valence-electron chi connectivity index (χ1n) is 6.57. The number of carbonyl (C=O) groups excluding carboxylic acids is 1. The third kappa shape index (κ3) is 2.85. The number of hydrogen-bond donors (Lipinski definition) is 0. The minimum atomic E-state index is -0.0700. The van der Waals surface area contributed by atoms with Crippen LogP contribution in [0, 0.1) is 0 Å². The monoisotopic (exact) mass is 294 g/mol. The second-order valence-electron chi connectivity index (χ2n) is 4.64. The fourth-order valence-corrected chi connectivity index (χ4v) is 2.71. The van der Waals surface area contributed by atoms with Gasteiger partial charge in [-0.25, -0.2) is 4.98 Å². The van der Waals surface area contributed by atoms with E-state index in [1.807, 2.05) is 47.8 Å². The lowest BCUT2D eigenvalue weighted by atomic mass is 10.1. The number of thiazole rings is 1. The lowest BCUT2D eigenvalue weighted by Gasteiger charge is -2.17. The van der Waals surface area contributed by atoms with Crippen molar-refractivity contribution in [2.75, 3.05) is 11.9 Å². The quantitative estimate of drug-likeness (QED) is 0.685. The summed E-state index contributed by atoms with van der Waals surface area (Å²) in [6, 6.07) is 14.0. The standard InChI is InChI=1S/C17H14N2OS/c1-19(17(20)10-9-14-11-21-12-18-14)16-8-4-6-13-5-2-3-7-15(13)16/h2-12H,1H3/b10-9+. The van der Waals surface area contributed by atoms with Crippen LogP contribution in [-0.4, -0.2) is 17.9 Å². The van der Waals surface area contributed by atoms with Gasteiger partial charge in [0.1, 0.15) is 0 Å². The average molecular weight is 294 g/mol. The Morgan fingerprint density at radius 3 is 2.81 bits per heavy atom. The van der Waals surface area contributed by atoms with E-state index in [4.69, 9.17) is 0 Å². The van der Waals surface area contributed by atoms with Crippen LogP contribution in [0.15, 0.2) is 59.4 Å². The lowest BCUT2D eigenvalue weighted by molar-refractivity contribution is -0.113. The number of rotatable bonds is 3. The number of hydrogen-bond acceptors (Lipinski definition) is 3. The van der Waals surface area contributed by atoms with E-state index >= 15 is 0 Å². The maximum atomic E-state index is 12.3. The van der Waals surface area contributed by atoms with Crippen molar-refractivity contribution in [2.45, 2.75) is 0 Å². The first-order valence-corrected chi connectivity index (χ1v) is 7.52. The zero-order valence-electron chi connectivity index (χ0n) is 11.6. The molecule has 0 aliphatic heterocycles. The second-order valence-corrected chi connectivity index (χ2v) is 5.36. The number of aromatic nitrogens is 1. The Morgan fingerprint density at radius 1 is 1.19 bits per heavy atom. The molecule has 3 aromatic rings. The summed E-state index contributed by atoms with van der Waals surface area (Å²) < 4.78 is 0. The summed E-state index contributed by atoms with van der Waals surface area (Å²) in [5.41, 5.74) is 3.46. The molecule has 3 nitrogen and oxygen atoms in total. The molecule has 0 fully saturated rings. The van der Waals surface area contributed by atoms with Crippen LogP contribution in [0.2, 0.25) is 0 Å². The molecule has 1 aromatic heterocycles. The minimum Gasteiger partial charge on any atom is -0.311 e. The number of fused-ring (bicyclic) bond motifs is 1. The number of benzene rings is 2. The van der Waals surface area contributed by atoms with Gasteiger partial charge >= 0.3 is 0 Å². The smallest absolute Gasteiger partial charge is 0.250 e. The highest BCUT2D eigenvalue weighted by Gasteiger charge is 2.10. The Balaban J connectivity index is 1.90. The fourth-order valence-electron chi connectivity index (χ4n) is 2.19. The summed E-state index contributed by atoms with van der Waals surface area (Å²) in [7, 11) is 1.79. The molecule has 104 valence electrons. The van der Waals surface area contributed by atoms with Crippen molar-refractivity contribution >= 4 is 39.8 Å². The summed E-state index contributed by atoms with van der Waals surface area (Å²) in [5, 5.41) is 4.10. The number of nitrogens with zero attached hydrogens (tertiary/aromatic N) is 2. The molecule has 0 N–H and O–H groups in total. The number of anilines is 1. The van der Waals surface area contributed by atoms with Crippen LogP contribution < -0.4 is 4.90 Å². The SMILES string of the molecule is CN(C(=O)/C=C/c1cscn1)c1cccc2ccccc12. The van der Waals surface area contributed by atoms with Crippen molar-refractivity contribution in [3.63, 3.8) is 0 Å². The highest BCUT2D eigenvalue weighted by Crippen LogP contribution is 2.26. The van der Waals surface area contributed by atoms with Gasteiger partial charge in [0.05, 0.1) is 16.9 Å². The molecule has 3 rings (SSSR count). The third-order valence-corrected chi connectivity index (χ3v) is 3.91. The van der Waals surface area contributed by atoms with Crippen molar-refractivity contribution in [1.82, 2.24) is 4.98 Å². The molecule has 21 heavy (non-hydrogen) atoms. The van der Waals surface area contributed by atoms with Gasteiger partial charge in [0.2, 0.25) is 0 Å². The molecule has 0 saturated carbocycles. The Labute approximate surface area is 127 Å². The second kappa shape index (κ2) is 5.89. The molecule has 0 unspecified atom stereocenters. The summed E-state index contributed by atoms with van der Waals surface area (Å²) in [6.07, 6.45) is 3.29. The van der Waals surface area contributed by atoms with Gasteiger partial charge in [-0.1, -0.05) is 36.4 Å². The molecule has 0 aliphatic carbocycles. The summed E-state index contributed by atoms with van der Waals surface area (Å²) in [6.45, 7) is 0. The van der Waals surface area contributed by atoms with Crippen LogP contribution in [0.4, 0.5) is 5.69 Å². The van der Waals surface area contributed by atoms with E-state index in [0.29, 0.717) is 0 Å². The van der Waals surface area contributed by atoms with Crippen LogP contribution in [0.25, 0.3) is 16.8 Å². The van der Waals surface area contributed by atoms with E-state index in [-0.39, 0.29) is 5.91 Å². The topological polar surface area (TPSA) is 33.2 Å². The van der Waals surface area contributed by atoms with Gasteiger partial charge in [-0.2, -0.15) is 0 Å². The normalized spacial score (nSPS) is 11.1. The van der Waals surface area contributed by atoms with Gasteiger partial charge in [-0.3, -0.25) is 4.79 Å². The molecule has 0 aliphatic rings. The molecule has 0 saturated heterocycles. The lowest BCUT2D eigenvalue weighted by Crippen LogP contribution is -2.24. The maximum Gasteiger partial charge on any atom is 0.250 e. The minimum absolute atomic E-state index is 0.0700. The Kier molecular flexibility index (Phi) is 3.79. The summed E-state index contributed by atoms with van der Waals surface area (Å²) in [5.74, 6) is -0.0700. The van der Waals surface area contributed by atoms with Crippen LogP contribution >= 0.6 is 11.3 Å². The van der Waals surface area contributed by atoms with Crippen molar-refractivity contribution < 1.29 is 4.79 Å². The summed E-state index contributed by atoms with van der Waals surface area (Å²) >= 11 is 1.51. The molecule has 0 atom stereocenters. The molecular weight excluding hydrogens is 280 g/mol. The van der Waals surface area contributed by atoms with Crippen LogP contribution in [-0.2, 0) is 4.79 Å². The Hall–Kier alpha value is -2.46. The van der Waals surface area contributed by atoms with Gasteiger partial charge < -0.3 is 4.90 Å². The third-order valence-electron chi connectivity index (χ3n) is 3.31. The summed E-state index contributed by atoms with van der Waals surface area (Å²) in [4.78, 5) is 18.1. The zero-order chi connectivity index (χ0) is 14.7. The Bertz CT molecular complexity index is 788. The molecule has 4 heteroatoms. The van der Waals surface area contributed by atoms with E-state index in [2.05, 4.69) is 4.98 Å². The van der Waals surface area contributed by atoms with E-state index in [0.717, 1.165) is 22.2 Å². The van der Waals surface area contributed by atoms with Crippen molar-refractivity contribution in [3.8, 4) is 0 Å². The average Bonchev–Trinajstić information content (AvgIpc) is 3.05. The van der Waals surface area contributed by atoms with Gasteiger partial charge in [0.15, 0.2) is 0 Å². The predicted octanol–water partition coefficient (Wildman–Crippen LogP) is 3.97. The molecule has 0 radical (unpaired) electrons. The maximum absolute atomic E-state index is 12.3. The van der Waals surface area contributed by atoms with Crippen molar-refractivity contribution in [2.24, 2.45) is 0 Å². The van der Waals surface area contributed by atoms with Gasteiger partial charge in [-0.05, 0) is 17.5 Å². The highest BCUT2D eigenvalue weighted by atomic mass is 32.1. The predicted molar refractivity (Wildman–Crippen MR) is 88.5 cm³/mol. The first-order chi connectivity index (χ1) is 10.3. The van der Waals surface area contributed by atoms with Crippen molar-refractivity contribution in [3.05, 3.63) is 65.1 Å². The zero-order valence-corrected chi connectivity index (χ0v) is 12.4. The molecule has 1 amide bonds. The molecule has 1 heterocycles. The van der Waals surface area contributed by atoms with Crippen LogP contribution in [0.1, 0.15) is 5.69 Å². The molecule has 0 bridgehead atoms. The van der Waals surface area contributed by atoms with Gasteiger partial charge in [0.25, 0.3) is 5.91 Å². The van der Waals surface area contributed by atoms with E-state index in [1.54, 1.807) is 29.6 Å². The van der Waals surface area contributed by atoms with Gasteiger partial charge in [0, 0.05) is 23.9 Å². The van der Waals surface area contributed by atoms with E-state index in [1.165, 1.54) is 11.3 Å². The van der Waals surface area contributed by atoms with Crippen LogP contribution in [0.5, 0.6) is 0 Å². The van der Waals surface area contributed by atoms with Crippen LogP contribution in [0.3, 0.4) is 0 Å². The fraction of sp³-hybridized carbons (Fsp3) is 0.0588. The molecular formula is C17H14N2OS. The largest absolute Gasteiger partial charge is 0.311 e. The van der Waals surface area contributed by atoms with E-state index in [9.17, 15) is 4.79 Å².